The molecule has 1 nitrogen and oxygen atoms in total. The van der Waals surface area contributed by atoms with Crippen molar-refractivity contribution >= 4 is 0 Å². The second kappa shape index (κ2) is 3.78. The highest BCUT2D eigenvalue weighted by Crippen LogP contribution is 2.32. The van der Waals surface area contributed by atoms with Crippen LogP contribution in [-0.4, -0.2) is 6.04 Å². The van der Waals surface area contributed by atoms with E-state index in [9.17, 15) is 0 Å². The van der Waals surface area contributed by atoms with Gasteiger partial charge in [-0.1, -0.05) is 33.6 Å². The SMILES string of the molecule is CC(C)(C)C[C@@H](N)C1CCCC1. The molecule has 0 aromatic carbocycles. The van der Waals surface area contributed by atoms with Crippen LogP contribution in [0.3, 0.4) is 0 Å². The zero-order valence-electron chi connectivity index (χ0n) is 8.77. The normalized spacial score (nSPS) is 23.0. The summed E-state index contributed by atoms with van der Waals surface area (Å²) in [4.78, 5) is 0. The highest BCUT2D eigenvalue weighted by atomic mass is 14.7. The van der Waals surface area contributed by atoms with Gasteiger partial charge in [-0.25, -0.2) is 0 Å². The van der Waals surface area contributed by atoms with Crippen LogP contribution >= 0.6 is 0 Å². The Labute approximate surface area is 76.7 Å². The Bertz CT molecular complexity index is 128. The van der Waals surface area contributed by atoms with Gasteiger partial charge in [-0.3, -0.25) is 0 Å². The summed E-state index contributed by atoms with van der Waals surface area (Å²) in [5, 5.41) is 0. The number of nitrogens with two attached hydrogens (primary N) is 1. The van der Waals surface area contributed by atoms with E-state index in [0.29, 0.717) is 11.5 Å². The van der Waals surface area contributed by atoms with Crippen LogP contribution in [0.2, 0.25) is 0 Å². The van der Waals surface area contributed by atoms with Crippen LogP contribution in [0.5, 0.6) is 0 Å². The molecule has 0 aromatic heterocycles. The van der Waals surface area contributed by atoms with Gasteiger partial charge in [-0.2, -0.15) is 0 Å². The molecule has 2 N–H and O–H groups in total. The lowest BCUT2D eigenvalue weighted by Gasteiger charge is -2.27. The van der Waals surface area contributed by atoms with Crippen molar-refractivity contribution in [2.75, 3.05) is 0 Å². The molecule has 0 heterocycles. The van der Waals surface area contributed by atoms with Gasteiger partial charge in [0.15, 0.2) is 0 Å². The first-order valence-corrected chi connectivity index (χ1v) is 5.24. The molecule has 72 valence electrons. The molecule has 0 amide bonds. The predicted octanol–water partition coefficient (Wildman–Crippen LogP) is 2.94. The van der Waals surface area contributed by atoms with Crippen molar-refractivity contribution in [3.8, 4) is 0 Å². The summed E-state index contributed by atoms with van der Waals surface area (Å²) < 4.78 is 0. The summed E-state index contributed by atoms with van der Waals surface area (Å²) in [5.74, 6) is 0.823. The number of hydrogen-bond acceptors (Lipinski definition) is 1. The van der Waals surface area contributed by atoms with Crippen molar-refractivity contribution < 1.29 is 0 Å². The monoisotopic (exact) mass is 169 g/mol. The molecule has 1 atom stereocenters. The third-order valence-electron chi connectivity index (χ3n) is 2.85. The van der Waals surface area contributed by atoms with Crippen LogP contribution in [0.4, 0.5) is 0 Å². The zero-order chi connectivity index (χ0) is 9.19. The molecule has 1 aliphatic carbocycles. The highest BCUT2D eigenvalue weighted by molar-refractivity contribution is 4.81. The Morgan fingerprint density at radius 3 is 2.17 bits per heavy atom. The van der Waals surface area contributed by atoms with E-state index in [2.05, 4.69) is 20.8 Å². The minimum Gasteiger partial charge on any atom is -0.327 e. The maximum Gasteiger partial charge on any atom is 0.00721 e. The van der Waals surface area contributed by atoms with E-state index in [4.69, 9.17) is 5.73 Å². The molecule has 1 fully saturated rings. The summed E-state index contributed by atoms with van der Waals surface area (Å²) in [6.45, 7) is 6.84. The van der Waals surface area contributed by atoms with Crippen LogP contribution in [0.1, 0.15) is 52.9 Å². The Hall–Kier alpha value is -0.0400. The first-order chi connectivity index (χ1) is 5.49. The molecule has 0 bridgehead atoms. The lowest BCUT2D eigenvalue weighted by atomic mass is 9.83. The third kappa shape index (κ3) is 3.14. The first kappa shape index (κ1) is 10.0. The maximum absolute atomic E-state index is 6.17. The minimum absolute atomic E-state index is 0.405. The largest absolute Gasteiger partial charge is 0.327 e. The summed E-state index contributed by atoms with van der Waals surface area (Å²) in [6.07, 6.45) is 6.73. The summed E-state index contributed by atoms with van der Waals surface area (Å²) in [5.41, 5.74) is 6.57. The lowest BCUT2D eigenvalue weighted by Crippen LogP contribution is -2.32. The van der Waals surface area contributed by atoms with Gasteiger partial charge in [0.25, 0.3) is 0 Å². The van der Waals surface area contributed by atoms with Gasteiger partial charge < -0.3 is 5.73 Å². The third-order valence-corrected chi connectivity index (χ3v) is 2.85. The fraction of sp³-hybridized carbons (Fsp3) is 1.00. The quantitative estimate of drug-likeness (QED) is 0.675. The fourth-order valence-electron chi connectivity index (χ4n) is 2.26. The molecule has 0 radical (unpaired) electrons. The Morgan fingerprint density at radius 2 is 1.75 bits per heavy atom. The van der Waals surface area contributed by atoms with Gasteiger partial charge >= 0.3 is 0 Å². The second-order valence-corrected chi connectivity index (χ2v) is 5.47. The van der Waals surface area contributed by atoms with E-state index in [0.717, 1.165) is 5.92 Å². The van der Waals surface area contributed by atoms with Crippen LogP contribution in [0.15, 0.2) is 0 Å². The highest BCUT2D eigenvalue weighted by Gasteiger charge is 2.25. The first-order valence-electron chi connectivity index (χ1n) is 5.24. The van der Waals surface area contributed by atoms with Crippen molar-refractivity contribution in [3.05, 3.63) is 0 Å². The van der Waals surface area contributed by atoms with Crippen molar-refractivity contribution in [2.24, 2.45) is 17.1 Å². The fourth-order valence-corrected chi connectivity index (χ4v) is 2.26. The second-order valence-electron chi connectivity index (χ2n) is 5.47. The van der Waals surface area contributed by atoms with E-state index in [1.165, 1.54) is 32.1 Å². The Balaban J connectivity index is 2.31. The summed E-state index contributed by atoms with van der Waals surface area (Å²) >= 11 is 0. The van der Waals surface area contributed by atoms with Gasteiger partial charge in [0, 0.05) is 6.04 Å². The van der Waals surface area contributed by atoms with Crippen molar-refractivity contribution in [3.63, 3.8) is 0 Å². The van der Waals surface area contributed by atoms with Crippen molar-refractivity contribution in [2.45, 2.75) is 58.9 Å². The van der Waals surface area contributed by atoms with Gasteiger partial charge in [0.2, 0.25) is 0 Å². The zero-order valence-corrected chi connectivity index (χ0v) is 8.77. The molecule has 12 heavy (non-hydrogen) atoms. The topological polar surface area (TPSA) is 26.0 Å². The predicted molar refractivity (Wildman–Crippen MR) is 54.0 cm³/mol. The maximum atomic E-state index is 6.17. The molecule has 1 rings (SSSR count). The molecule has 0 spiro atoms. The van der Waals surface area contributed by atoms with Crippen LogP contribution in [0.25, 0.3) is 0 Å². The number of hydrogen-bond donors (Lipinski definition) is 1. The van der Waals surface area contributed by atoms with Crippen molar-refractivity contribution in [1.82, 2.24) is 0 Å². The molecule has 0 saturated heterocycles. The molecule has 1 aliphatic rings. The summed E-state index contributed by atoms with van der Waals surface area (Å²) in [6, 6.07) is 0.451. The van der Waals surface area contributed by atoms with Gasteiger partial charge in [-0.05, 0) is 30.6 Å². The molecule has 0 aromatic rings. The van der Waals surface area contributed by atoms with E-state index < -0.39 is 0 Å². The van der Waals surface area contributed by atoms with E-state index >= 15 is 0 Å². The number of rotatable bonds is 2. The van der Waals surface area contributed by atoms with Gasteiger partial charge in [0.05, 0.1) is 0 Å². The van der Waals surface area contributed by atoms with Gasteiger partial charge in [0.1, 0.15) is 0 Å². The smallest absolute Gasteiger partial charge is 0.00721 e. The van der Waals surface area contributed by atoms with E-state index in [-0.39, 0.29) is 0 Å². The van der Waals surface area contributed by atoms with E-state index in [1.54, 1.807) is 0 Å². The Kier molecular flexibility index (Phi) is 3.16. The van der Waals surface area contributed by atoms with E-state index in [1.807, 2.05) is 0 Å². The Morgan fingerprint density at radius 1 is 1.25 bits per heavy atom. The van der Waals surface area contributed by atoms with Crippen LogP contribution in [-0.2, 0) is 0 Å². The van der Waals surface area contributed by atoms with Crippen molar-refractivity contribution in [1.29, 1.82) is 0 Å². The van der Waals surface area contributed by atoms with Crippen LogP contribution in [0, 0.1) is 11.3 Å². The molecule has 1 saturated carbocycles. The average Bonchev–Trinajstić information content (AvgIpc) is 2.32. The minimum atomic E-state index is 0.405. The molecule has 1 heteroatoms. The lowest BCUT2D eigenvalue weighted by molar-refractivity contribution is 0.285. The average molecular weight is 169 g/mol. The van der Waals surface area contributed by atoms with Crippen LogP contribution < -0.4 is 5.73 Å². The standard InChI is InChI=1S/C11H23N/c1-11(2,3)8-10(12)9-6-4-5-7-9/h9-10H,4-8,12H2,1-3H3/t10-/m1/s1. The molecule has 0 unspecified atom stereocenters. The summed E-state index contributed by atoms with van der Waals surface area (Å²) in [7, 11) is 0. The molecule has 0 aliphatic heterocycles. The molecular formula is C11H23N. The molecular weight excluding hydrogens is 146 g/mol. The van der Waals surface area contributed by atoms with Gasteiger partial charge in [-0.15, -0.1) is 0 Å².